The highest BCUT2D eigenvalue weighted by Crippen LogP contribution is 2.14. The molecule has 0 aliphatic rings. The van der Waals surface area contributed by atoms with Gasteiger partial charge in [0.05, 0.1) is 22.8 Å². The van der Waals surface area contributed by atoms with Gasteiger partial charge in [-0.25, -0.2) is 4.79 Å². The third-order valence-electron chi connectivity index (χ3n) is 1.85. The highest BCUT2D eigenvalue weighted by Gasteiger charge is 2.15. The number of hydrogen-bond acceptors (Lipinski definition) is 4. The quantitative estimate of drug-likeness (QED) is 0.894. The normalized spacial score (nSPS) is 10.6. The fraction of sp³-hybridized carbons (Fsp3) is 0.417. The molecule has 0 aliphatic carbocycles. The molecule has 0 spiro atoms. The van der Waals surface area contributed by atoms with Crippen molar-refractivity contribution >= 4 is 17.7 Å². The predicted molar refractivity (Wildman–Crippen MR) is 67.0 cm³/mol. The number of nitrogens with zero attached hydrogens (tertiary/aromatic N) is 2. The van der Waals surface area contributed by atoms with Gasteiger partial charge in [0.2, 0.25) is 0 Å². The van der Waals surface area contributed by atoms with Crippen molar-refractivity contribution in [2.24, 2.45) is 0 Å². The molecule has 0 aliphatic heterocycles. The molecule has 0 saturated heterocycles. The molecular formula is C12H14ClN3O2. The van der Waals surface area contributed by atoms with Crippen molar-refractivity contribution in [1.82, 2.24) is 10.3 Å². The van der Waals surface area contributed by atoms with E-state index >= 15 is 0 Å². The van der Waals surface area contributed by atoms with E-state index in [1.165, 1.54) is 12.3 Å². The summed E-state index contributed by atoms with van der Waals surface area (Å²) in [6, 6.07) is 3.47. The lowest BCUT2D eigenvalue weighted by Crippen LogP contribution is -2.32. The summed E-state index contributed by atoms with van der Waals surface area (Å²) < 4.78 is 5.07. The van der Waals surface area contributed by atoms with E-state index in [9.17, 15) is 4.79 Å². The number of nitrogens with one attached hydrogen (secondary N) is 1. The number of alkyl carbamates (subject to hydrolysis) is 1. The van der Waals surface area contributed by atoms with Gasteiger partial charge in [0.25, 0.3) is 0 Å². The van der Waals surface area contributed by atoms with Crippen LogP contribution in [0.15, 0.2) is 12.3 Å². The lowest BCUT2D eigenvalue weighted by atomic mass is 10.2. The second-order valence-electron chi connectivity index (χ2n) is 4.62. The monoisotopic (exact) mass is 267 g/mol. The number of nitriles is 1. The van der Waals surface area contributed by atoms with Crippen LogP contribution in [0, 0.1) is 11.3 Å². The van der Waals surface area contributed by atoms with E-state index in [2.05, 4.69) is 10.3 Å². The van der Waals surface area contributed by atoms with E-state index in [1.54, 1.807) is 20.8 Å². The Kier molecular flexibility index (Phi) is 4.51. The molecule has 0 aromatic carbocycles. The topological polar surface area (TPSA) is 75.0 Å². The molecule has 1 N–H and O–H groups in total. The number of ether oxygens (including phenoxy) is 1. The van der Waals surface area contributed by atoms with Crippen molar-refractivity contribution in [3.63, 3.8) is 0 Å². The smallest absolute Gasteiger partial charge is 0.407 e. The summed E-state index contributed by atoms with van der Waals surface area (Å²) in [5.74, 6) is 0. The van der Waals surface area contributed by atoms with E-state index in [0.717, 1.165) is 0 Å². The average Bonchev–Trinajstić information content (AvgIpc) is 2.25. The van der Waals surface area contributed by atoms with Crippen LogP contribution in [0.25, 0.3) is 0 Å². The molecule has 6 heteroatoms. The number of aromatic nitrogens is 1. The third-order valence-corrected chi connectivity index (χ3v) is 2.15. The van der Waals surface area contributed by atoms with Crippen LogP contribution in [0.1, 0.15) is 32.0 Å². The van der Waals surface area contributed by atoms with Crippen molar-refractivity contribution < 1.29 is 9.53 Å². The summed E-state index contributed by atoms with van der Waals surface area (Å²) in [6.45, 7) is 5.52. The number of hydrogen-bond donors (Lipinski definition) is 1. The van der Waals surface area contributed by atoms with E-state index in [-0.39, 0.29) is 6.54 Å². The second kappa shape index (κ2) is 5.69. The van der Waals surface area contributed by atoms with E-state index in [4.69, 9.17) is 21.6 Å². The van der Waals surface area contributed by atoms with Crippen LogP contribution in [0.3, 0.4) is 0 Å². The Balaban J connectivity index is 2.60. The van der Waals surface area contributed by atoms with Gasteiger partial charge >= 0.3 is 6.09 Å². The summed E-state index contributed by atoms with van der Waals surface area (Å²) in [4.78, 5) is 15.4. The van der Waals surface area contributed by atoms with Gasteiger partial charge in [0.15, 0.2) is 0 Å². The van der Waals surface area contributed by atoms with Crippen molar-refractivity contribution in [1.29, 1.82) is 5.26 Å². The molecule has 1 amide bonds. The van der Waals surface area contributed by atoms with E-state index in [1.807, 2.05) is 6.07 Å². The van der Waals surface area contributed by atoms with Crippen LogP contribution in [0.5, 0.6) is 0 Å². The van der Waals surface area contributed by atoms with Crippen LogP contribution >= 0.6 is 11.6 Å². The second-order valence-corrected chi connectivity index (χ2v) is 5.03. The zero-order valence-electron chi connectivity index (χ0n) is 10.5. The first-order chi connectivity index (χ1) is 8.31. The summed E-state index contributed by atoms with van der Waals surface area (Å²) in [7, 11) is 0. The number of carbonyl (C=O) groups is 1. The van der Waals surface area contributed by atoms with Crippen molar-refractivity contribution in [3.8, 4) is 6.07 Å². The summed E-state index contributed by atoms with van der Waals surface area (Å²) in [5.41, 5.74) is 0.324. The molecule has 1 aromatic heterocycles. The minimum absolute atomic E-state index is 0.181. The summed E-state index contributed by atoms with van der Waals surface area (Å²) in [6.07, 6.45) is 0.851. The Labute approximate surface area is 111 Å². The fourth-order valence-corrected chi connectivity index (χ4v) is 1.29. The third kappa shape index (κ3) is 4.60. The maximum Gasteiger partial charge on any atom is 0.407 e. The largest absolute Gasteiger partial charge is 0.444 e. The molecule has 0 atom stereocenters. The Bertz CT molecular complexity index is 489. The van der Waals surface area contributed by atoms with Gasteiger partial charge in [-0.05, 0) is 26.8 Å². The standard InChI is InChI=1S/C12H14ClN3O2/c1-12(2,3)18-11(17)16-6-9-4-8(5-14)10(13)7-15-9/h4,7H,6H2,1-3H3,(H,16,17). The highest BCUT2D eigenvalue weighted by atomic mass is 35.5. The van der Waals surface area contributed by atoms with Gasteiger partial charge in [0, 0.05) is 6.20 Å². The van der Waals surface area contributed by atoms with Crippen LogP contribution in [0.2, 0.25) is 5.02 Å². The molecule has 0 radical (unpaired) electrons. The molecular weight excluding hydrogens is 254 g/mol. The lowest BCUT2D eigenvalue weighted by Gasteiger charge is -2.19. The molecule has 0 saturated carbocycles. The molecule has 1 rings (SSSR count). The van der Waals surface area contributed by atoms with Crippen LogP contribution < -0.4 is 5.32 Å². The summed E-state index contributed by atoms with van der Waals surface area (Å²) in [5, 5.41) is 11.6. The Hall–Kier alpha value is -1.80. The minimum atomic E-state index is -0.546. The van der Waals surface area contributed by atoms with Gasteiger partial charge in [0.1, 0.15) is 11.7 Å². The zero-order chi connectivity index (χ0) is 13.8. The molecule has 96 valence electrons. The van der Waals surface area contributed by atoms with E-state index < -0.39 is 11.7 Å². The van der Waals surface area contributed by atoms with Crippen LogP contribution in [-0.4, -0.2) is 16.7 Å². The van der Waals surface area contributed by atoms with Crippen LogP contribution in [0.4, 0.5) is 4.79 Å². The molecule has 1 heterocycles. The van der Waals surface area contributed by atoms with Gasteiger partial charge in [-0.15, -0.1) is 0 Å². The zero-order valence-corrected chi connectivity index (χ0v) is 11.2. The number of pyridine rings is 1. The SMILES string of the molecule is CC(C)(C)OC(=O)NCc1cc(C#N)c(Cl)cn1. The number of carbonyl (C=O) groups excluding carboxylic acids is 1. The maximum absolute atomic E-state index is 11.4. The Morgan fingerprint density at radius 1 is 1.61 bits per heavy atom. The molecule has 0 fully saturated rings. The number of rotatable bonds is 2. The first kappa shape index (κ1) is 14.3. The average molecular weight is 268 g/mol. The first-order valence-corrected chi connectivity index (χ1v) is 5.71. The molecule has 5 nitrogen and oxygen atoms in total. The predicted octanol–water partition coefficient (Wildman–Crippen LogP) is 2.63. The van der Waals surface area contributed by atoms with Gasteiger partial charge < -0.3 is 10.1 Å². The molecule has 18 heavy (non-hydrogen) atoms. The maximum atomic E-state index is 11.4. The molecule has 0 bridgehead atoms. The number of amides is 1. The first-order valence-electron chi connectivity index (χ1n) is 5.33. The van der Waals surface area contributed by atoms with Crippen molar-refractivity contribution in [2.45, 2.75) is 32.9 Å². The van der Waals surface area contributed by atoms with Gasteiger partial charge in [-0.1, -0.05) is 11.6 Å². The summed E-state index contributed by atoms with van der Waals surface area (Å²) >= 11 is 5.75. The molecule has 0 unspecified atom stereocenters. The van der Waals surface area contributed by atoms with Gasteiger partial charge in [-0.2, -0.15) is 5.26 Å². The lowest BCUT2D eigenvalue weighted by molar-refractivity contribution is 0.0523. The van der Waals surface area contributed by atoms with Crippen molar-refractivity contribution in [2.75, 3.05) is 0 Å². The van der Waals surface area contributed by atoms with E-state index in [0.29, 0.717) is 16.3 Å². The number of halogens is 1. The fourth-order valence-electron chi connectivity index (χ4n) is 1.14. The Morgan fingerprint density at radius 2 is 2.28 bits per heavy atom. The Morgan fingerprint density at radius 3 is 2.83 bits per heavy atom. The van der Waals surface area contributed by atoms with Gasteiger partial charge in [-0.3, -0.25) is 4.98 Å². The highest BCUT2D eigenvalue weighted by molar-refractivity contribution is 6.31. The van der Waals surface area contributed by atoms with Crippen molar-refractivity contribution in [3.05, 3.63) is 28.5 Å². The minimum Gasteiger partial charge on any atom is -0.444 e. The van der Waals surface area contributed by atoms with Crippen LogP contribution in [-0.2, 0) is 11.3 Å². The molecule has 1 aromatic rings.